The van der Waals surface area contributed by atoms with Crippen LogP contribution in [0.15, 0.2) is 48.1 Å². The molecule has 0 aromatic heterocycles. The Bertz CT molecular complexity index is 538. The fraction of sp³-hybridized carbons (Fsp3) is 0.278. The van der Waals surface area contributed by atoms with E-state index in [1.807, 2.05) is 36.4 Å². The van der Waals surface area contributed by atoms with Crippen molar-refractivity contribution >= 4 is 11.9 Å². The van der Waals surface area contributed by atoms with Crippen LogP contribution < -0.4 is 0 Å². The summed E-state index contributed by atoms with van der Waals surface area (Å²) in [5.74, 6) is 6.14. The van der Waals surface area contributed by atoms with Crippen molar-refractivity contribution < 1.29 is 4.79 Å². The van der Waals surface area contributed by atoms with Crippen LogP contribution >= 0.6 is 0 Å². The molecule has 1 aromatic rings. The molecule has 1 heteroatoms. The summed E-state index contributed by atoms with van der Waals surface area (Å²) in [6.45, 7) is 0. The summed E-state index contributed by atoms with van der Waals surface area (Å²) in [7, 11) is 0. The zero-order valence-corrected chi connectivity index (χ0v) is 11.1. The number of carbonyl (C=O) groups is 1. The maximum absolute atomic E-state index is 11.6. The van der Waals surface area contributed by atoms with Crippen molar-refractivity contribution in [3.63, 3.8) is 0 Å². The summed E-state index contributed by atoms with van der Waals surface area (Å²) >= 11 is 0. The highest BCUT2D eigenvalue weighted by atomic mass is 16.1. The highest BCUT2D eigenvalue weighted by Gasteiger charge is 1.99. The van der Waals surface area contributed by atoms with E-state index < -0.39 is 0 Å². The van der Waals surface area contributed by atoms with Gasteiger partial charge in [0.2, 0.25) is 0 Å². The van der Waals surface area contributed by atoms with E-state index in [9.17, 15) is 4.79 Å². The molecule has 0 heterocycles. The molecular weight excluding hydrogens is 232 g/mol. The van der Waals surface area contributed by atoms with Crippen LogP contribution in [0.2, 0.25) is 0 Å². The fourth-order valence-electron chi connectivity index (χ4n) is 2.01. The molecule has 0 saturated carbocycles. The second-order valence-electron chi connectivity index (χ2n) is 4.66. The lowest BCUT2D eigenvalue weighted by atomic mass is 10.00. The molecule has 0 unspecified atom stereocenters. The van der Waals surface area contributed by atoms with Gasteiger partial charge in [0.15, 0.2) is 5.78 Å². The number of allylic oxidation sites excluding steroid dienone is 3. The maximum atomic E-state index is 11.6. The Morgan fingerprint density at radius 3 is 2.79 bits per heavy atom. The van der Waals surface area contributed by atoms with Crippen molar-refractivity contribution in [2.75, 3.05) is 0 Å². The van der Waals surface area contributed by atoms with Crippen LogP contribution in [0.25, 0.3) is 6.08 Å². The van der Waals surface area contributed by atoms with Gasteiger partial charge in [-0.1, -0.05) is 54.3 Å². The third-order valence-electron chi connectivity index (χ3n) is 3.06. The van der Waals surface area contributed by atoms with Crippen molar-refractivity contribution in [3.05, 3.63) is 53.6 Å². The van der Waals surface area contributed by atoms with E-state index in [4.69, 9.17) is 0 Å². The molecule has 0 radical (unpaired) electrons. The second kappa shape index (κ2) is 7.38. The van der Waals surface area contributed by atoms with E-state index in [2.05, 4.69) is 17.9 Å². The average molecular weight is 250 g/mol. The monoisotopic (exact) mass is 250 g/mol. The summed E-state index contributed by atoms with van der Waals surface area (Å²) in [4.78, 5) is 11.6. The average Bonchev–Trinajstić information content (AvgIpc) is 2.47. The molecule has 0 N–H and O–H groups in total. The van der Waals surface area contributed by atoms with E-state index in [0.29, 0.717) is 6.42 Å². The fourth-order valence-corrected chi connectivity index (χ4v) is 2.01. The van der Waals surface area contributed by atoms with Crippen molar-refractivity contribution in [2.24, 2.45) is 0 Å². The summed E-state index contributed by atoms with van der Waals surface area (Å²) in [5, 5.41) is 0. The first-order valence-corrected chi connectivity index (χ1v) is 6.78. The topological polar surface area (TPSA) is 17.1 Å². The lowest BCUT2D eigenvalue weighted by Crippen LogP contribution is -1.91. The summed E-state index contributed by atoms with van der Waals surface area (Å²) in [6.07, 6.45) is 10.6. The number of hydrogen-bond donors (Lipinski definition) is 0. The molecule has 0 bridgehead atoms. The van der Waals surface area contributed by atoms with Gasteiger partial charge in [0, 0.05) is 0 Å². The Morgan fingerprint density at radius 1 is 1.21 bits per heavy atom. The minimum Gasteiger partial charge on any atom is -0.294 e. The maximum Gasteiger partial charge on any atom is 0.167 e. The predicted molar refractivity (Wildman–Crippen MR) is 79.4 cm³/mol. The third kappa shape index (κ3) is 4.97. The van der Waals surface area contributed by atoms with Gasteiger partial charge < -0.3 is 0 Å². The van der Waals surface area contributed by atoms with E-state index in [0.717, 1.165) is 18.4 Å². The zero-order valence-electron chi connectivity index (χ0n) is 11.1. The third-order valence-corrected chi connectivity index (χ3v) is 3.06. The molecule has 0 saturated heterocycles. The lowest BCUT2D eigenvalue weighted by Gasteiger charge is -2.05. The first-order valence-electron chi connectivity index (χ1n) is 6.78. The van der Waals surface area contributed by atoms with Gasteiger partial charge in [-0.3, -0.25) is 4.79 Å². The highest BCUT2D eigenvalue weighted by molar-refractivity contribution is 5.95. The van der Waals surface area contributed by atoms with Crippen LogP contribution in [0.5, 0.6) is 0 Å². The van der Waals surface area contributed by atoms with E-state index >= 15 is 0 Å². The largest absolute Gasteiger partial charge is 0.294 e. The van der Waals surface area contributed by atoms with Crippen molar-refractivity contribution in [1.29, 1.82) is 0 Å². The number of hydrogen-bond acceptors (Lipinski definition) is 1. The van der Waals surface area contributed by atoms with Gasteiger partial charge in [-0.15, -0.1) is 0 Å². The van der Waals surface area contributed by atoms with Crippen LogP contribution in [-0.2, 0) is 4.79 Å². The number of carbonyl (C=O) groups excluding carboxylic acids is 1. The Labute approximate surface area is 115 Å². The molecule has 1 aliphatic carbocycles. The van der Waals surface area contributed by atoms with Crippen molar-refractivity contribution in [1.82, 2.24) is 0 Å². The Morgan fingerprint density at radius 2 is 2.05 bits per heavy atom. The van der Waals surface area contributed by atoms with Gasteiger partial charge in [-0.2, -0.15) is 0 Å². The summed E-state index contributed by atoms with van der Waals surface area (Å²) in [5.41, 5.74) is 2.24. The molecule has 2 rings (SSSR count). The number of benzene rings is 1. The quantitative estimate of drug-likeness (QED) is 0.581. The van der Waals surface area contributed by atoms with Gasteiger partial charge in [-0.05, 0) is 42.9 Å². The van der Waals surface area contributed by atoms with Gasteiger partial charge in [-0.25, -0.2) is 0 Å². The molecule has 1 aromatic carbocycles. The summed E-state index contributed by atoms with van der Waals surface area (Å²) in [6, 6.07) is 9.83. The second-order valence-corrected chi connectivity index (χ2v) is 4.66. The predicted octanol–water partition coefficient (Wildman–Crippen LogP) is 4.16. The smallest absolute Gasteiger partial charge is 0.167 e. The lowest BCUT2D eigenvalue weighted by molar-refractivity contribution is -0.113. The molecule has 96 valence electrons. The van der Waals surface area contributed by atoms with Gasteiger partial charge >= 0.3 is 0 Å². The van der Waals surface area contributed by atoms with Crippen molar-refractivity contribution in [3.8, 4) is 11.8 Å². The van der Waals surface area contributed by atoms with Crippen LogP contribution in [-0.4, -0.2) is 5.78 Å². The van der Waals surface area contributed by atoms with Crippen LogP contribution in [0.4, 0.5) is 0 Å². The van der Waals surface area contributed by atoms with Crippen LogP contribution in [0, 0.1) is 11.8 Å². The normalized spacial score (nSPS) is 14.6. The van der Waals surface area contributed by atoms with Gasteiger partial charge in [0.25, 0.3) is 0 Å². The molecule has 0 atom stereocenters. The molecule has 0 aliphatic heterocycles. The van der Waals surface area contributed by atoms with Crippen LogP contribution in [0.3, 0.4) is 0 Å². The first-order chi connectivity index (χ1) is 9.34. The molecule has 1 aliphatic rings. The minimum atomic E-state index is 0.0627. The molecule has 19 heavy (non-hydrogen) atoms. The standard InChI is InChI=1S/C18H18O/c19-18(15-14-17-10-5-2-6-11-17)13-7-12-16-8-3-1-4-9-16/h2,5-6,8,10-11,14-15H,1,3-4,9,13H2. The zero-order chi connectivity index (χ0) is 13.3. The molecule has 0 spiro atoms. The van der Waals surface area contributed by atoms with E-state index in [1.54, 1.807) is 6.08 Å². The van der Waals surface area contributed by atoms with E-state index in [1.165, 1.54) is 18.4 Å². The summed E-state index contributed by atoms with van der Waals surface area (Å²) < 4.78 is 0. The number of rotatable bonds is 3. The minimum absolute atomic E-state index is 0.0627. The first kappa shape index (κ1) is 13.4. The SMILES string of the molecule is O=C(C=Cc1ccccc1)CC#CC1=CCCCC1. The Kier molecular flexibility index (Phi) is 5.19. The molecular formula is C18H18O. The molecule has 0 fully saturated rings. The Balaban J connectivity index is 1.83. The molecule has 1 nitrogen and oxygen atoms in total. The number of ketones is 1. The van der Waals surface area contributed by atoms with E-state index in [-0.39, 0.29) is 5.78 Å². The van der Waals surface area contributed by atoms with Gasteiger partial charge in [0.05, 0.1) is 6.42 Å². The van der Waals surface area contributed by atoms with Gasteiger partial charge in [0.1, 0.15) is 0 Å². The Hall–Kier alpha value is -2.07. The molecule has 0 amide bonds. The van der Waals surface area contributed by atoms with Crippen molar-refractivity contribution in [2.45, 2.75) is 32.1 Å². The van der Waals surface area contributed by atoms with Crippen LogP contribution in [0.1, 0.15) is 37.7 Å². The highest BCUT2D eigenvalue weighted by Crippen LogP contribution is 2.16.